The Balaban J connectivity index is 1.33. The zero-order valence-corrected chi connectivity index (χ0v) is 17.1. The average molecular weight is 424 g/mol. The second-order valence-electron chi connectivity index (χ2n) is 6.86. The minimum Gasteiger partial charge on any atom is -0.454 e. The number of carbonyl (C=O) groups is 1. The molecule has 0 saturated heterocycles. The molecule has 1 aliphatic rings. The molecule has 5 rings (SSSR count). The van der Waals surface area contributed by atoms with E-state index < -0.39 is 5.97 Å². The first-order chi connectivity index (χ1) is 14.2. The predicted octanol–water partition coefficient (Wildman–Crippen LogP) is 4.12. The van der Waals surface area contributed by atoms with Crippen molar-refractivity contribution in [1.29, 1.82) is 0 Å². The maximum Gasteiger partial charge on any atom is 0.358 e. The predicted molar refractivity (Wildman–Crippen MR) is 113 cm³/mol. The molecule has 0 atom stereocenters. The van der Waals surface area contributed by atoms with Crippen molar-refractivity contribution in [2.45, 2.75) is 32.3 Å². The third-order valence-corrected chi connectivity index (χ3v) is 6.93. The summed E-state index contributed by atoms with van der Waals surface area (Å²) in [5.41, 5.74) is 2.66. The Labute approximate surface area is 174 Å². The van der Waals surface area contributed by atoms with Crippen LogP contribution in [0, 0.1) is 0 Å². The third kappa shape index (κ3) is 3.49. The molecule has 3 heterocycles. The monoisotopic (exact) mass is 423 g/mol. The molecule has 0 saturated carbocycles. The molecule has 0 N–H and O–H groups in total. The standard InChI is InChI=1S/C21H17N3O3S2/c25-18-10-14(22-21-24(18)16-8-4-5-9-17(16)29-21)11-27-20(26)15-12-28-19(23-15)13-6-2-1-3-7-13/h1-3,6-7,10,12H,4-5,8-9,11H2. The minimum atomic E-state index is -0.518. The number of esters is 1. The van der Waals surface area contributed by atoms with Gasteiger partial charge in [-0.3, -0.25) is 9.20 Å². The smallest absolute Gasteiger partial charge is 0.358 e. The highest BCUT2D eigenvalue weighted by Gasteiger charge is 2.19. The van der Waals surface area contributed by atoms with Gasteiger partial charge in [-0.05, 0) is 25.7 Å². The first-order valence-corrected chi connectivity index (χ1v) is 11.1. The van der Waals surface area contributed by atoms with Crippen LogP contribution in [-0.4, -0.2) is 20.3 Å². The molecule has 1 aromatic carbocycles. The number of carbonyl (C=O) groups excluding carboxylic acids is 1. The van der Waals surface area contributed by atoms with Crippen molar-refractivity contribution in [1.82, 2.24) is 14.4 Å². The lowest BCUT2D eigenvalue weighted by Gasteiger charge is -2.10. The number of aromatic nitrogens is 3. The van der Waals surface area contributed by atoms with Gasteiger partial charge in [-0.1, -0.05) is 30.3 Å². The summed E-state index contributed by atoms with van der Waals surface area (Å²) < 4.78 is 7.07. The van der Waals surface area contributed by atoms with Crippen LogP contribution >= 0.6 is 22.7 Å². The van der Waals surface area contributed by atoms with Crippen LogP contribution < -0.4 is 5.56 Å². The van der Waals surface area contributed by atoms with Crippen molar-refractivity contribution in [2.24, 2.45) is 0 Å². The van der Waals surface area contributed by atoms with Crippen LogP contribution in [0.25, 0.3) is 15.5 Å². The van der Waals surface area contributed by atoms with Gasteiger partial charge in [0.05, 0.1) is 5.69 Å². The van der Waals surface area contributed by atoms with Gasteiger partial charge in [0.15, 0.2) is 10.7 Å². The van der Waals surface area contributed by atoms with E-state index in [-0.39, 0.29) is 17.9 Å². The summed E-state index contributed by atoms with van der Waals surface area (Å²) in [4.78, 5) is 35.8. The number of fused-ring (bicyclic) bond motifs is 3. The van der Waals surface area contributed by atoms with Gasteiger partial charge >= 0.3 is 5.97 Å². The van der Waals surface area contributed by atoms with Gasteiger partial charge < -0.3 is 4.74 Å². The summed E-state index contributed by atoms with van der Waals surface area (Å²) in [7, 11) is 0. The van der Waals surface area contributed by atoms with E-state index in [4.69, 9.17) is 4.74 Å². The topological polar surface area (TPSA) is 73.6 Å². The second kappa shape index (κ2) is 7.53. The lowest BCUT2D eigenvalue weighted by Crippen LogP contribution is -2.18. The molecular formula is C21H17N3O3S2. The Bertz CT molecular complexity index is 1260. The number of hydrogen-bond acceptors (Lipinski definition) is 7. The van der Waals surface area contributed by atoms with Crippen molar-refractivity contribution in [3.63, 3.8) is 0 Å². The van der Waals surface area contributed by atoms with Crippen LogP contribution in [-0.2, 0) is 24.2 Å². The molecule has 6 nitrogen and oxygen atoms in total. The Kier molecular flexibility index (Phi) is 4.73. The summed E-state index contributed by atoms with van der Waals surface area (Å²) in [5.74, 6) is -0.518. The number of rotatable bonds is 4. The fourth-order valence-corrected chi connectivity index (χ4v) is 5.54. The summed E-state index contributed by atoms with van der Waals surface area (Å²) in [6.45, 7) is -0.0503. The van der Waals surface area contributed by atoms with Crippen LogP contribution in [0.1, 0.15) is 39.6 Å². The highest BCUT2D eigenvalue weighted by Crippen LogP contribution is 2.28. The van der Waals surface area contributed by atoms with Crippen molar-refractivity contribution < 1.29 is 9.53 Å². The molecular weight excluding hydrogens is 406 g/mol. The number of ether oxygens (including phenoxy) is 1. The molecule has 8 heteroatoms. The molecule has 1 aliphatic carbocycles. The van der Waals surface area contributed by atoms with Crippen molar-refractivity contribution >= 4 is 33.6 Å². The largest absolute Gasteiger partial charge is 0.454 e. The first kappa shape index (κ1) is 18.2. The SMILES string of the molecule is O=C(OCc1cc(=O)n2c3c(sc2n1)CCCC3)c1csc(-c2ccccc2)n1. The Morgan fingerprint density at radius 3 is 2.83 bits per heavy atom. The van der Waals surface area contributed by atoms with E-state index in [1.165, 1.54) is 22.3 Å². The number of benzene rings is 1. The van der Waals surface area contributed by atoms with Gasteiger partial charge in [0.1, 0.15) is 11.6 Å². The molecule has 0 radical (unpaired) electrons. The van der Waals surface area contributed by atoms with Crippen LogP contribution in [0.3, 0.4) is 0 Å². The van der Waals surface area contributed by atoms with E-state index >= 15 is 0 Å². The van der Waals surface area contributed by atoms with Crippen LogP contribution in [0.2, 0.25) is 0 Å². The third-order valence-electron chi connectivity index (χ3n) is 4.90. The van der Waals surface area contributed by atoms with Gasteiger partial charge in [0.25, 0.3) is 5.56 Å². The van der Waals surface area contributed by atoms with Crippen LogP contribution in [0.5, 0.6) is 0 Å². The zero-order valence-electron chi connectivity index (χ0n) is 15.5. The normalized spacial score (nSPS) is 13.4. The Morgan fingerprint density at radius 2 is 1.97 bits per heavy atom. The number of aryl methyl sites for hydroxylation is 2. The highest BCUT2D eigenvalue weighted by molar-refractivity contribution is 7.17. The fraction of sp³-hybridized carbons (Fsp3) is 0.238. The maximum atomic E-state index is 12.6. The summed E-state index contributed by atoms with van der Waals surface area (Å²) in [6.07, 6.45) is 4.17. The molecule has 0 amide bonds. The molecule has 29 heavy (non-hydrogen) atoms. The molecule has 146 valence electrons. The summed E-state index contributed by atoms with van der Waals surface area (Å²) in [6, 6.07) is 11.1. The van der Waals surface area contributed by atoms with Crippen molar-refractivity contribution in [3.8, 4) is 10.6 Å². The molecule has 0 unspecified atom stereocenters. The van der Waals surface area contributed by atoms with E-state index in [9.17, 15) is 9.59 Å². The summed E-state index contributed by atoms with van der Waals surface area (Å²) >= 11 is 2.95. The first-order valence-electron chi connectivity index (χ1n) is 9.40. The second-order valence-corrected chi connectivity index (χ2v) is 8.78. The van der Waals surface area contributed by atoms with E-state index in [1.807, 2.05) is 30.3 Å². The lowest BCUT2D eigenvalue weighted by atomic mass is 10.0. The molecule has 4 aromatic rings. The van der Waals surface area contributed by atoms with E-state index in [0.29, 0.717) is 10.7 Å². The van der Waals surface area contributed by atoms with Gasteiger partial charge in [-0.2, -0.15) is 0 Å². The van der Waals surface area contributed by atoms with Crippen molar-refractivity contribution in [3.05, 3.63) is 74.1 Å². The van der Waals surface area contributed by atoms with Gasteiger partial charge in [0.2, 0.25) is 0 Å². The van der Waals surface area contributed by atoms with Gasteiger partial charge in [-0.25, -0.2) is 14.8 Å². The zero-order chi connectivity index (χ0) is 19.8. The Hall–Kier alpha value is -2.84. The van der Waals surface area contributed by atoms with Crippen LogP contribution in [0.15, 0.2) is 46.6 Å². The molecule has 0 bridgehead atoms. The lowest BCUT2D eigenvalue weighted by molar-refractivity contribution is 0.0462. The number of hydrogen-bond donors (Lipinski definition) is 0. The van der Waals surface area contributed by atoms with Crippen LogP contribution in [0.4, 0.5) is 0 Å². The molecule has 3 aromatic heterocycles. The molecule has 0 aliphatic heterocycles. The van der Waals surface area contributed by atoms with E-state index in [0.717, 1.165) is 41.9 Å². The van der Waals surface area contributed by atoms with Gasteiger partial charge in [-0.15, -0.1) is 22.7 Å². The van der Waals surface area contributed by atoms with E-state index in [1.54, 1.807) is 21.1 Å². The Morgan fingerprint density at radius 1 is 1.14 bits per heavy atom. The number of nitrogens with zero attached hydrogens (tertiary/aromatic N) is 3. The van der Waals surface area contributed by atoms with Gasteiger partial charge in [0, 0.05) is 27.6 Å². The molecule has 0 spiro atoms. The van der Waals surface area contributed by atoms with Crippen molar-refractivity contribution in [2.75, 3.05) is 0 Å². The highest BCUT2D eigenvalue weighted by atomic mass is 32.1. The molecule has 0 fully saturated rings. The quantitative estimate of drug-likeness (QED) is 0.462. The maximum absolute atomic E-state index is 12.6. The minimum absolute atomic E-state index is 0.0503. The number of thiazole rings is 2. The average Bonchev–Trinajstić information content (AvgIpc) is 3.38. The summed E-state index contributed by atoms with van der Waals surface area (Å²) in [5, 5.41) is 2.45. The fourth-order valence-electron chi connectivity index (χ4n) is 3.51. The van der Waals surface area contributed by atoms with E-state index in [2.05, 4.69) is 9.97 Å².